The van der Waals surface area contributed by atoms with E-state index in [2.05, 4.69) is 0 Å². The molecule has 0 saturated carbocycles. The monoisotopic (exact) mass is 310 g/mol. The lowest BCUT2D eigenvalue weighted by atomic mass is 10.1. The zero-order valence-electron chi connectivity index (χ0n) is 12.9. The minimum atomic E-state index is -0.970. The number of carboxylic acid groups (broad SMARTS) is 1. The van der Waals surface area contributed by atoms with Gasteiger partial charge in [-0.05, 0) is 54.5 Å². The van der Waals surface area contributed by atoms with Gasteiger partial charge in [0.15, 0.2) is 5.78 Å². The highest BCUT2D eigenvalue weighted by molar-refractivity contribution is 6.06. The maximum absolute atomic E-state index is 12.1. The van der Waals surface area contributed by atoms with Crippen molar-refractivity contribution in [3.8, 4) is 5.75 Å². The summed E-state index contributed by atoms with van der Waals surface area (Å²) in [5.41, 5.74) is 1.56. The molecule has 1 N–H and O–H groups in total. The average molecular weight is 310 g/mol. The van der Waals surface area contributed by atoms with Crippen molar-refractivity contribution in [2.45, 2.75) is 13.3 Å². The Bertz CT molecular complexity index is 697. The normalized spacial score (nSPS) is 10.7. The molecule has 0 atom stereocenters. The van der Waals surface area contributed by atoms with Crippen molar-refractivity contribution in [2.24, 2.45) is 0 Å². The molecule has 0 bridgehead atoms. The minimum absolute atomic E-state index is 0.116. The Hall–Kier alpha value is -2.88. The van der Waals surface area contributed by atoms with Crippen molar-refractivity contribution in [2.75, 3.05) is 6.61 Å². The van der Waals surface area contributed by atoms with Gasteiger partial charge in [0, 0.05) is 5.56 Å². The molecule has 2 aromatic carbocycles. The van der Waals surface area contributed by atoms with Crippen LogP contribution in [-0.4, -0.2) is 23.5 Å². The highest BCUT2D eigenvalue weighted by Gasteiger charge is 2.03. The van der Waals surface area contributed by atoms with Crippen LogP contribution in [0.15, 0.2) is 54.6 Å². The van der Waals surface area contributed by atoms with Crippen LogP contribution in [0.5, 0.6) is 5.75 Å². The zero-order valence-corrected chi connectivity index (χ0v) is 12.9. The van der Waals surface area contributed by atoms with Crippen LogP contribution >= 0.6 is 0 Å². The van der Waals surface area contributed by atoms with E-state index in [1.807, 2.05) is 6.92 Å². The van der Waals surface area contributed by atoms with Crippen LogP contribution in [0.4, 0.5) is 0 Å². The highest BCUT2D eigenvalue weighted by Crippen LogP contribution is 2.14. The maximum Gasteiger partial charge on any atom is 0.335 e. The maximum atomic E-state index is 12.1. The first-order valence-electron chi connectivity index (χ1n) is 7.39. The number of hydrogen-bond acceptors (Lipinski definition) is 3. The summed E-state index contributed by atoms with van der Waals surface area (Å²) < 4.78 is 5.47. The molecule has 0 aliphatic heterocycles. The lowest BCUT2D eigenvalue weighted by molar-refractivity contribution is 0.0696. The van der Waals surface area contributed by atoms with E-state index in [1.54, 1.807) is 42.5 Å². The van der Waals surface area contributed by atoms with Crippen molar-refractivity contribution in [1.82, 2.24) is 0 Å². The largest absolute Gasteiger partial charge is 0.494 e. The van der Waals surface area contributed by atoms with Crippen LogP contribution in [0.25, 0.3) is 6.08 Å². The third-order valence-electron chi connectivity index (χ3n) is 3.20. The second-order valence-electron chi connectivity index (χ2n) is 5.00. The van der Waals surface area contributed by atoms with Gasteiger partial charge in [0.05, 0.1) is 12.2 Å². The Morgan fingerprint density at radius 2 is 1.61 bits per heavy atom. The molecule has 0 aromatic heterocycles. The van der Waals surface area contributed by atoms with Crippen LogP contribution in [0.3, 0.4) is 0 Å². The van der Waals surface area contributed by atoms with Crippen molar-refractivity contribution in [3.63, 3.8) is 0 Å². The van der Waals surface area contributed by atoms with Crippen molar-refractivity contribution in [3.05, 3.63) is 71.3 Å². The highest BCUT2D eigenvalue weighted by atomic mass is 16.5. The number of carbonyl (C=O) groups is 2. The Morgan fingerprint density at radius 3 is 2.17 bits per heavy atom. The van der Waals surface area contributed by atoms with Gasteiger partial charge in [0.1, 0.15) is 5.75 Å². The number of carboxylic acids is 1. The van der Waals surface area contributed by atoms with E-state index in [1.165, 1.54) is 18.2 Å². The number of aromatic carboxylic acids is 1. The second kappa shape index (κ2) is 7.94. The number of carbonyl (C=O) groups excluding carboxylic acids is 1. The Labute approximate surface area is 135 Å². The van der Waals surface area contributed by atoms with Gasteiger partial charge in [-0.2, -0.15) is 0 Å². The van der Waals surface area contributed by atoms with E-state index >= 15 is 0 Å². The molecule has 4 heteroatoms. The molecule has 0 unspecified atom stereocenters. The molecular weight excluding hydrogens is 292 g/mol. The summed E-state index contributed by atoms with van der Waals surface area (Å²) in [4.78, 5) is 22.9. The fourth-order valence-electron chi connectivity index (χ4n) is 1.94. The lowest BCUT2D eigenvalue weighted by Crippen LogP contribution is -1.97. The summed E-state index contributed by atoms with van der Waals surface area (Å²) in [6.07, 6.45) is 4.07. The SMILES string of the molecule is CCCOc1ccc(C(=O)/C=C/c2ccc(C(=O)O)cc2)cc1. The molecule has 23 heavy (non-hydrogen) atoms. The summed E-state index contributed by atoms with van der Waals surface area (Å²) in [5, 5.41) is 8.84. The fourth-order valence-corrected chi connectivity index (χ4v) is 1.94. The third-order valence-corrected chi connectivity index (χ3v) is 3.20. The predicted octanol–water partition coefficient (Wildman–Crippen LogP) is 4.07. The number of hydrogen-bond donors (Lipinski definition) is 1. The minimum Gasteiger partial charge on any atom is -0.494 e. The molecule has 0 saturated heterocycles. The Morgan fingerprint density at radius 1 is 1.00 bits per heavy atom. The molecule has 0 fully saturated rings. The van der Waals surface area contributed by atoms with E-state index in [-0.39, 0.29) is 11.3 Å². The van der Waals surface area contributed by atoms with Gasteiger partial charge < -0.3 is 9.84 Å². The quantitative estimate of drug-likeness (QED) is 0.618. The standard InChI is InChI=1S/C19H18O4/c1-2-13-23-17-10-8-15(9-11-17)18(20)12-5-14-3-6-16(7-4-14)19(21)22/h3-12H,2,13H2,1H3,(H,21,22)/b12-5+. The van der Waals surface area contributed by atoms with Crippen LogP contribution < -0.4 is 4.74 Å². The van der Waals surface area contributed by atoms with E-state index < -0.39 is 5.97 Å². The Kier molecular flexibility index (Phi) is 5.69. The lowest BCUT2D eigenvalue weighted by Gasteiger charge is -2.04. The van der Waals surface area contributed by atoms with Crippen LogP contribution in [0.1, 0.15) is 39.6 Å². The first-order chi connectivity index (χ1) is 11.1. The van der Waals surface area contributed by atoms with Crippen LogP contribution in [-0.2, 0) is 0 Å². The van der Waals surface area contributed by atoms with E-state index in [0.29, 0.717) is 12.2 Å². The van der Waals surface area contributed by atoms with Crippen LogP contribution in [0, 0.1) is 0 Å². The van der Waals surface area contributed by atoms with Gasteiger partial charge in [0.25, 0.3) is 0 Å². The van der Waals surface area contributed by atoms with Crippen molar-refractivity contribution in [1.29, 1.82) is 0 Å². The number of benzene rings is 2. The van der Waals surface area contributed by atoms with E-state index in [0.717, 1.165) is 17.7 Å². The van der Waals surface area contributed by atoms with Gasteiger partial charge in [-0.25, -0.2) is 4.79 Å². The Balaban J connectivity index is 2.01. The molecule has 4 nitrogen and oxygen atoms in total. The second-order valence-corrected chi connectivity index (χ2v) is 5.00. The molecule has 0 aliphatic carbocycles. The fraction of sp³-hybridized carbons (Fsp3) is 0.158. The summed E-state index contributed by atoms with van der Waals surface area (Å²) in [5.74, 6) is -0.340. The first kappa shape index (κ1) is 16.5. The van der Waals surface area contributed by atoms with Gasteiger partial charge in [0.2, 0.25) is 0 Å². The van der Waals surface area contributed by atoms with Gasteiger partial charge in [-0.3, -0.25) is 4.79 Å². The summed E-state index contributed by atoms with van der Waals surface area (Å²) in [7, 11) is 0. The number of rotatable bonds is 7. The zero-order chi connectivity index (χ0) is 16.7. The smallest absolute Gasteiger partial charge is 0.335 e. The molecule has 2 rings (SSSR count). The number of ether oxygens (including phenoxy) is 1. The van der Waals surface area contributed by atoms with Gasteiger partial charge in [-0.15, -0.1) is 0 Å². The molecule has 0 spiro atoms. The number of allylic oxidation sites excluding steroid dienone is 1. The summed E-state index contributed by atoms with van der Waals surface area (Å²) in [6.45, 7) is 2.69. The van der Waals surface area contributed by atoms with Gasteiger partial charge in [-0.1, -0.05) is 25.1 Å². The summed E-state index contributed by atoms with van der Waals surface area (Å²) >= 11 is 0. The average Bonchev–Trinajstić information content (AvgIpc) is 2.58. The molecule has 0 radical (unpaired) electrons. The molecule has 0 amide bonds. The number of ketones is 1. The van der Waals surface area contributed by atoms with Crippen molar-refractivity contribution >= 4 is 17.8 Å². The predicted molar refractivity (Wildman–Crippen MR) is 89.0 cm³/mol. The molecule has 2 aromatic rings. The van der Waals surface area contributed by atoms with Crippen molar-refractivity contribution < 1.29 is 19.4 Å². The molecular formula is C19H18O4. The topological polar surface area (TPSA) is 63.6 Å². The van der Waals surface area contributed by atoms with E-state index in [4.69, 9.17) is 9.84 Å². The van der Waals surface area contributed by atoms with Gasteiger partial charge >= 0.3 is 5.97 Å². The third kappa shape index (κ3) is 4.81. The molecule has 0 heterocycles. The van der Waals surface area contributed by atoms with Crippen LogP contribution in [0.2, 0.25) is 0 Å². The molecule has 118 valence electrons. The summed E-state index contributed by atoms with van der Waals surface area (Å²) in [6, 6.07) is 13.3. The first-order valence-corrected chi connectivity index (χ1v) is 7.39. The molecule has 0 aliphatic rings. The van der Waals surface area contributed by atoms with E-state index in [9.17, 15) is 9.59 Å².